The third kappa shape index (κ3) is 5.58. The number of nitrogens with zero attached hydrogens (tertiary/aromatic N) is 3. The van der Waals surface area contributed by atoms with Gasteiger partial charge >= 0.3 is 0 Å². The SMILES string of the molecule is Cc1c(Cl)cccc1NC(=O)CSc1nnc(CC(=O)Nc2ccc(F)cc2)n1C. The van der Waals surface area contributed by atoms with Crippen molar-refractivity contribution in [3.8, 4) is 0 Å². The number of carbonyl (C=O) groups is 2. The minimum absolute atomic E-state index is 0.00462. The third-order valence-electron chi connectivity index (χ3n) is 4.25. The molecule has 0 aliphatic carbocycles. The number of anilines is 2. The van der Waals surface area contributed by atoms with Crippen molar-refractivity contribution in [2.24, 2.45) is 7.05 Å². The van der Waals surface area contributed by atoms with E-state index in [-0.39, 0.29) is 29.8 Å². The van der Waals surface area contributed by atoms with E-state index in [4.69, 9.17) is 11.6 Å². The fourth-order valence-corrected chi connectivity index (χ4v) is 3.47. The molecule has 0 unspecified atom stereocenters. The van der Waals surface area contributed by atoms with E-state index in [0.29, 0.717) is 27.4 Å². The fraction of sp³-hybridized carbons (Fsp3) is 0.200. The topological polar surface area (TPSA) is 88.9 Å². The van der Waals surface area contributed by atoms with Gasteiger partial charge in [0.05, 0.1) is 12.2 Å². The number of carbonyl (C=O) groups excluding carboxylic acids is 2. The first-order chi connectivity index (χ1) is 14.3. The zero-order valence-electron chi connectivity index (χ0n) is 16.3. The fourth-order valence-electron chi connectivity index (χ4n) is 2.57. The van der Waals surface area contributed by atoms with Gasteiger partial charge in [0, 0.05) is 23.4 Å². The van der Waals surface area contributed by atoms with Gasteiger partial charge in [0.2, 0.25) is 11.8 Å². The Morgan fingerprint density at radius 1 is 1.10 bits per heavy atom. The van der Waals surface area contributed by atoms with Crippen LogP contribution in [0.3, 0.4) is 0 Å². The first-order valence-electron chi connectivity index (χ1n) is 8.95. The molecular formula is C20H19ClFN5O2S. The van der Waals surface area contributed by atoms with E-state index in [1.54, 1.807) is 29.8 Å². The van der Waals surface area contributed by atoms with E-state index in [9.17, 15) is 14.0 Å². The van der Waals surface area contributed by atoms with Crippen molar-refractivity contribution in [3.63, 3.8) is 0 Å². The summed E-state index contributed by atoms with van der Waals surface area (Å²) < 4.78 is 14.6. The van der Waals surface area contributed by atoms with Crippen molar-refractivity contribution < 1.29 is 14.0 Å². The Morgan fingerprint density at radius 2 is 1.83 bits per heavy atom. The average Bonchev–Trinajstić information content (AvgIpc) is 3.05. The van der Waals surface area contributed by atoms with Crippen molar-refractivity contribution >= 4 is 46.6 Å². The minimum atomic E-state index is -0.377. The van der Waals surface area contributed by atoms with Crippen LogP contribution < -0.4 is 10.6 Å². The summed E-state index contributed by atoms with van der Waals surface area (Å²) >= 11 is 7.27. The summed E-state index contributed by atoms with van der Waals surface area (Å²) in [5.41, 5.74) is 1.95. The molecule has 0 radical (unpaired) electrons. The molecule has 7 nitrogen and oxygen atoms in total. The van der Waals surface area contributed by atoms with Crippen LogP contribution in [0.25, 0.3) is 0 Å². The number of hydrogen-bond acceptors (Lipinski definition) is 5. The third-order valence-corrected chi connectivity index (χ3v) is 5.68. The van der Waals surface area contributed by atoms with E-state index >= 15 is 0 Å². The Bertz CT molecular complexity index is 1070. The molecule has 3 aromatic rings. The van der Waals surface area contributed by atoms with Gasteiger partial charge in [0.25, 0.3) is 0 Å². The quantitative estimate of drug-likeness (QED) is 0.537. The summed E-state index contributed by atoms with van der Waals surface area (Å²) in [6.45, 7) is 1.83. The highest BCUT2D eigenvalue weighted by Crippen LogP contribution is 2.23. The predicted octanol–water partition coefficient (Wildman–Crippen LogP) is 3.83. The summed E-state index contributed by atoms with van der Waals surface area (Å²) in [4.78, 5) is 24.4. The lowest BCUT2D eigenvalue weighted by atomic mass is 10.2. The van der Waals surface area contributed by atoms with Crippen LogP contribution in [0.2, 0.25) is 5.02 Å². The molecule has 0 fully saturated rings. The van der Waals surface area contributed by atoms with Crippen LogP contribution in [0.1, 0.15) is 11.4 Å². The van der Waals surface area contributed by atoms with Gasteiger partial charge in [-0.2, -0.15) is 0 Å². The van der Waals surface area contributed by atoms with E-state index in [1.165, 1.54) is 36.0 Å². The van der Waals surface area contributed by atoms with Crippen molar-refractivity contribution in [1.82, 2.24) is 14.8 Å². The maximum atomic E-state index is 12.9. The van der Waals surface area contributed by atoms with Crippen LogP contribution in [-0.4, -0.2) is 32.3 Å². The number of hydrogen-bond donors (Lipinski definition) is 2. The lowest BCUT2D eigenvalue weighted by Crippen LogP contribution is -2.17. The molecule has 156 valence electrons. The average molecular weight is 448 g/mol. The van der Waals surface area contributed by atoms with Crippen LogP contribution >= 0.6 is 23.4 Å². The molecule has 0 atom stereocenters. The van der Waals surface area contributed by atoms with Crippen LogP contribution in [-0.2, 0) is 23.1 Å². The summed E-state index contributed by atoms with van der Waals surface area (Å²) in [6, 6.07) is 10.8. The van der Waals surface area contributed by atoms with Crippen molar-refractivity contribution in [3.05, 3.63) is 64.7 Å². The van der Waals surface area contributed by atoms with E-state index in [1.807, 2.05) is 6.92 Å². The lowest BCUT2D eigenvalue weighted by molar-refractivity contribution is -0.116. The molecule has 30 heavy (non-hydrogen) atoms. The lowest BCUT2D eigenvalue weighted by Gasteiger charge is -2.09. The molecule has 0 bridgehead atoms. The Hall–Kier alpha value is -2.91. The van der Waals surface area contributed by atoms with Gasteiger partial charge < -0.3 is 15.2 Å². The van der Waals surface area contributed by atoms with Gasteiger partial charge in [-0.05, 0) is 48.9 Å². The monoisotopic (exact) mass is 447 g/mol. The van der Waals surface area contributed by atoms with E-state index in [0.717, 1.165) is 5.56 Å². The molecular weight excluding hydrogens is 429 g/mol. The largest absolute Gasteiger partial charge is 0.326 e. The highest BCUT2D eigenvalue weighted by Gasteiger charge is 2.15. The van der Waals surface area contributed by atoms with Crippen LogP contribution in [0.5, 0.6) is 0 Å². The van der Waals surface area contributed by atoms with Gasteiger partial charge in [0.15, 0.2) is 5.16 Å². The zero-order chi connectivity index (χ0) is 21.7. The molecule has 1 aromatic heterocycles. The number of rotatable bonds is 7. The molecule has 0 aliphatic rings. The molecule has 0 aliphatic heterocycles. The second-order valence-corrected chi connectivity index (χ2v) is 7.79. The summed E-state index contributed by atoms with van der Waals surface area (Å²) in [5.74, 6) is -0.313. The Morgan fingerprint density at radius 3 is 2.57 bits per heavy atom. The number of amides is 2. The standard InChI is InChI=1S/C20H19ClFN5O2S/c1-12-15(21)4-3-5-16(12)24-19(29)11-30-20-26-25-17(27(20)2)10-18(28)23-14-8-6-13(22)7-9-14/h3-9H,10-11H2,1-2H3,(H,23,28)(H,24,29). The van der Waals surface area contributed by atoms with Crippen LogP contribution in [0.15, 0.2) is 47.6 Å². The highest BCUT2D eigenvalue weighted by atomic mass is 35.5. The molecule has 0 saturated carbocycles. The number of benzene rings is 2. The molecule has 10 heteroatoms. The predicted molar refractivity (Wildman–Crippen MR) is 115 cm³/mol. The van der Waals surface area contributed by atoms with Gasteiger partial charge in [-0.15, -0.1) is 10.2 Å². The Balaban J connectivity index is 1.54. The Kier molecular flexibility index (Phi) is 7.07. The molecule has 2 amide bonds. The second kappa shape index (κ2) is 9.73. The molecule has 3 rings (SSSR count). The Labute approximate surface area is 182 Å². The maximum Gasteiger partial charge on any atom is 0.234 e. The van der Waals surface area contributed by atoms with Gasteiger partial charge in [-0.25, -0.2) is 4.39 Å². The van der Waals surface area contributed by atoms with Crippen molar-refractivity contribution in [2.75, 3.05) is 16.4 Å². The molecule has 2 aromatic carbocycles. The summed E-state index contributed by atoms with van der Waals surface area (Å²) in [7, 11) is 1.72. The highest BCUT2D eigenvalue weighted by molar-refractivity contribution is 7.99. The number of thioether (sulfide) groups is 1. The summed E-state index contributed by atoms with van der Waals surface area (Å²) in [5, 5.41) is 14.6. The molecule has 2 N–H and O–H groups in total. The van der Waals surface area contributed by atoms with E-state index < -0.39 is 0 Å². The first kappa shape index (κ1) is 21.8. The smallest absolute Gasteiger partial charge is 0.234 e. The number of aromatic nitrogens is 3. The first-order valence-corrected chi connectivity index (χ1v) is 10.3. The van der Waals surface area contributed by atoms with Gasteiger partial charge in [0.1, 0.15) is 11.6 Å². The van der Waals surface area contributed by atoms with Gasteiger partial charge in [-0.1, -0.05) is 29.4 Å². The normalized spacial score (nSPS) is 10.7. The van der Waals surface area contributed by atoms with Crippen molar-refractivity contribution in [2.45, 2.75) is 18.5 Å². The zero-order valence-corrected chi connectivity index (χ0v) is 17.9. The molecule has 0 spiro atoms. The number of halogens is 2. The number of nitrogens with one attached hydrogen (secondary N) is 2. The van der Waals surface area contributed by atoms with Gasteiger partial charge in [-0.3, -0.25) is 9.59 Å². The minimum Gasteiger partial charge on any atom is -0.326 e. The van der Waals surface area contributed by atoms with Crippen molar-refractivity contribution in [1.29, 1.82) is 0 Å². The molecule has 1 heterocycles. The summed E-state index contributed by atoms with van der Waals surface area (Å²) in [6.07, 6.45) is -0.00462. The molecule has 0 saturated heterocycles. The second-order valence-electron chi connectivity index (χ2n) is 6.44. The van der Waals surface area contributed by atoms with Crippen LogP contribution in [0.4, 0.5) is 15.8 Å². The maximum absolute atomic E-state index is 12.9. The van der Waals surface area contributed by atoms with E-state index in [2.05, 4.69) is 20.8 Å². The van der Waals surface area contributed by atoms with Crippen LogP contribution in [0, 0.1) is 12.7 Å².